The van der Waals surface area contributed by atoms with Crippen molar-refractivity contribution in [3.63, 3.8) is 0 Å². The number of pyridine rings is 1. The van der Waals surface area contributed by atoms with Crippen LogP contribution >= 0.6 is 12.2 Å². The Morgan fingerprint density at radius 2 is 1.75 bits per heavy atom. The van der Waals surface area contributed by atoms with Crippen LogP contribution in [0.15, 0.2) is 23.0 Å². The molecule has 0 amide bonds. The number of thiocarbonyl (C=S) groups is 1. The lowest BCUT2D eigenvalue weighted by Crippen LogP contribution is -2.45. The van der Waals surface area contributed by atoms with Crippen molar-refractivity contribution >= 4 is 28.2 Å². The van der Waals surface area contributed by atoms with Crippen LogP contribution in [-0.4, -0.2) is 66.7 Å². The minimum atomic E-state index is -0.131. The van der Waals surface area contributed by atoms with E-state index >= 15 is 0 Å². The van der Waals surface area contributed by atoms with Crippen LogP contribution in [0.25, 0.3) is 10.9 Å². The minimum Gasteiger partial charge on any atom is -0.486 e. The predicted octanol–water partition coefficient (Wildman–Crippen LogP) is 2.33. The normalized spacial score (nSPS) is 22.2. The molecule has 32 heavy (non-hydrogen) atoms. The number of hydrogen-bond donors (Lipinski definition) is 2. The highest BCUT2D eigenvalue weighted by atomic mass is 32.1. The van der Waals surface area contributed by atoms with Gasteiger partial charge in [-0.1, -0.05) is 0 Å². The Morgan fingerprint density at radius 1 is 1.03 bits per heavy atom. The van der Waals surface area contributed by atoms with Crippen molar-refractivity contribution in [2.45, 2.75) is 44.4 Å². The molecule has 2 fully saturated rings. The molecule has 2 saturated heterocycles. The topological polar surface area (TPSA) is 85.1 Å². The molecule has 0 bridgehead atoms. The quantitative estimate of drug-likeness (QED) is 0.637. The van der Waals surface area contributed by atoms with E-state index in [2.05, 4.69) is 10.3 Å². The van der Waals surface area contributed by atoms with Crippen molar-refractivity contribution in [1.82, 2.24) is 15.2 Å². The molecule has 0 spiro atoms. The lowest BCUT2D eigenvalue weighted by Gasteiger charge is -2.29. The van der Waals surface area contributed by atoms with Gasteiger partial charge in [0.25, 0.3) is 5.56 Å². The van der Waals surface area contributed by atoms with E-state index in [1.165, 1.54) is 0 Å². The van der Waals surface area contributed by atoms with Gasteiger partial charge in [0.05, 0.1) is 24.3 Å². The van der Waals surface area contributed by atoms with Gasteiger partial charge in [0, 0.05) is 43.3 Å². The number of fused-ring (bicyclic) bond motifs is 2. The van der Waals surface area contributed by atoms with Crippen molar-refractivity contribution in [3.05, 3.63) is 34.1 Å². The van der Waals surface area contributed by atoms with E-state index in [1.807, 2.05) is 23.1 Å². The molecule has 0 aliphatic carbocycles. The number of benzene rings is 1. The number of nitrogens with one attached hydrogen (secondary N) is 2. The molecule has 0 saturated carbocycles. The minimum absolute atomic E-state index is 0.120. The van der Waals surface area contributed by atoms with Crippen molar-refractivity contribution in [2.75, 3.05) is 39.5 Å². The largest absolute Gasteiger partial charge is 0.486 e. The lowest BCUT2D eigenvalue weighted by atomic mass is 10.1. The summed E-state index contributed by atoms with van der Waals surface area (Å²) < 4.78 is 22.9. The summed E-state index contributed by atoms with van der Waals surface area (Å²) in [6.45, 7) is 4.34. The molecule has 4 heterocycles. The van der Waals surface area contributed by atoms with E-state index < -0.39 is 0 Å². The lowest BCUT2D eigenvalue weighted by molar-refractivity contribution is 0.0885. The van der Waals surface area contributed by atoms with Gasteiger partial charge in [0.15, 0.2) is 16.6 Å². The van der Waals surface area contributed by atoms with Crippen molar-refractivity contribution in [3.8, 4) is 11.5 Å². The molecule has 2 N–H and O–H groups in total. The summed E-state index contributed by atoms with van der Waals surface area (Å²) in [5.41, 5.74) is 1.25. The van der Waals surface area contributed by atoms with Gasteiger partial charge in [-0.3, -0.25) is 4.79 Å². The van der Waals surface area contributed by atoms with Crippen LogP contribution in [-0.2, 0) is 16.0 Å². The number of H-pyrrole nitrogens is 1. The van der Waals surface area contributed by atoms with Crippen LogP contribution < -0.4 is 20.3 Å². The van der Waals surface area contributed by atoms with Gasteiger partial charge in [0.2, 0.25) is 0 Å². The second-order valence-corrected chi connectivity index (χ2v) is 8.93. The summed E-state index contributed by atoms with van der Waals surface area (Å²) in [4.78, 5) is 17.9. The highest BCUT2D eigenvalue weighted by Crippen LogP contribution is 2.33. The first kappa shape index (κ1) is 21.5. The molecule has 172 valence electrons. The smallest absolute Gasteiger partial charge is 0.253 e. The van der Waals surface area contributed by atoms with E-state index in [-0.39, 0.29) is 17.8 Å². The maximum atomic E-state index is 12.9. The summed E-state index contributed by atoms with van der Waals surface area (Å²) >= 11 is 5.72. The standard InChI is InChI=1S/C23H29N3O5S/c27-22-16(9-15-10-20-21(11-19(15)25-22)31-8-7-30-20)13-26(14-18-4-2-6-29-18)23(32)24-12-17-3-1-5-28-17/h9-11,17-18H,1-8,12-14H2,(H,24,32)(H,25,27). The summed E-state index contributed by atoms with van der Waals surface area (Å²) in [6, 6.07) is 5.66. The molecule has 3 aliphatic heterocycles. The van der Waals surface area contributed by atoms with Gasteiger partial charge in [0.1, 0.15) is 13.2 Å². The Kier molecular flexibility index (Phi) is 6.47. The monoisotopic (exact) mass is 459 g/mol. The summed E-state index contributed by atoms with van der Waals surface area (Å²) in [7, 11) is 0. The van der Waals surface area contributed by atoms with E-state index in [0.29, 0.717) is 55.0 Å². The second-order valence-electron chi connectivity index (χ2n) is 8.54. The molecular formula is C23H29N3O5S. The predicted molar refractivity (Wildman–Crippen MR) is 125 cm³/mol. The van der Waals surface area contributed by atoms with Gasteiger partial charge in [-0.05, 0) is 50.0 Å². The van der Waals surface area contributed by atoms with E-state index in [4.69, 9.17) is 31.2 Å². The molecule has 2 aromatic rings. The fourth-order valence-electron chi connectivity index (χ4n) is 4.48. The Labute approximate surface area is 192 Å². The number of rotatable bonds is 6. The number of nitrogens with zero attached hydrogens (tertiary/aromatic N) is 1. The zero-order chi connectivity index (χ0) is 21.9. The van der Waals surface area contributed by atoms with Crippen molar-refractivity contribution in [2.24, 2.45) is 0 Å². The molecule has 1 aromatic carbocycles. The molecular weight excluding hydrogens is 430 g/mol. The number of ether oxygens (including phenoxy) is 4. The van der Waals surface area contributed by atoms with Crippen LogP contribution in [0.1, 0.15) is 31.2 Å². The molecule has 9 heteroatoms. The van der Waals surface area contributed by atoms with Gasteiger partial charge in [-0.15, -0.1) is 0 Å². The Morgan fingerprint density at radius 3 is 2.47 bits per heavy atom. The van der Waals surface area contributed by atoms with Crippen molar-refractivity contribution in [1.29, 1.82) is 0 Å². The molecule has 1 aromatic heterocycles. The first-order valence-corrected chi connectivity index (χ1v) is 11.8. The highest BCUT2D eigenvalue weighted by Gasteiger charge is 2.23. The summed E-state index contributed by atoms with van der Waals surface area (Å²) in [5.74, 6) is 1.36. The zero-order valence-corrected chi connectivity index (χ0v) is 18.9. The first-order valence-electron chi connectivity index (χ1n) is 11.4. The fourth-order valence-corrected chi connectivity index (χ4v) is 4.71. The molecule has 8 nitrogen and oxygen atoms in total. The van der Waals surface area contributed by atoms with Crippen molar-refractivity contribution < 1.29 is 18.9 Å². The maximum absolute atomic E-state index is 12.9. The first-order chi connectivity index (χ1) is 15.7. The molecule has 3 aliphatic rings. The second kappa shape index (κ2) is 9.64. The third-order valence-electron chi connectivity index (χ3n) is 6.19. The van der Waals surface area contributed by atoms with Crippen LogP contribution in [0.2, 0.25) is 0 Å². The Bertz CT molecular complexity index is 1030. The average Bonchev–Trinajstić information content (AvgIpc) is 3.50. The van der Waals surface area contributed by atoms with Crippen LogP contribution in [0.5, 0.6) is 11.5 Å². The Balaban J connectivity index is 1.36. The van der Waals surface area contributed by atoms with E-state index in [9.17, 15) is 4.79 Å². The van der Waals surface area contributed by atoms with Gasteiger partial charge in [-0.2, -0.15) is 0 Å². The van der Waals surface area contributed by atoms with Crippen LogP contribution in [0.3, 0.4) is 0 Å². The molecule has 5 rings (SSSR count). The Hall–Kier alpha value is -2.36. The fraction of sp³-hybridized carbons (Fsp3) is 0.565. The average molecular weight is 460 g/mol. The zero-order valence-electron chi connectivity index (χ0n) is 18.1. The maximum Gasteiger partial charge on any atom is 0.253 e. The van der Waals surface area contributed by atoms with Crippen LogP contribution in [0, 0.1) is 0 Å². The summed E-state index contributed by atoms with van der Waals surface area (Å²) in [6.07, 6.45) is 4.50. The summed E-state index contributed by atoms with van der Waals surface area (Å²) in [5, 5.41) is 4.87. The molecule has 2 atom stereocenters. The molecule has 2 unspecified atom stereocenters. The third-order valence-corrected chi connectivity index (χ3v) is 6.59. The van der Waals surface area contributed by atoms with Crippen LogP contribution in [0.4, 0.5) is 0 Å². The number of aromatic nitrogens is 1. The highest BCUT2D eigenvalue weighted by molar-refractivity contribution is 7.80. The number of aromatic amines is 1. The van der Waals surface area contributed by atoms with E-state index in [1.54, 1.807) is 0 Å². The van der Waals surface area contributed by atoms with Gasteiger partial charge < -0.3 is 34.1 Å². The van der Waals surface area contributed by atoms with E-state index in [0.717, 1.165) is 49.8 Å². The van der Waals surface area contributed by atoms with Gasteiger partial charge in [-0.25, -0.2) is 0 Å². The van der Waals surface area contributed by atoms with Gasteiger partial charge >= 0.3 is 0 Å². The molecule has 0 radical (unpaired) electrons. The number of hydrogen-bond acceptors (Lipinski definition) is 6. The SMILES string of the molecule is O=c1[nH]c2cc3c(cc2cc1CN(CC1CCCO1)C(=S)NCC1CCCO1)OCCO3. The third kappa shape index (κ3) is 4.84.